The molecule has 8 nitrogen and oxygen atoms in total. The Bertz CT molecular complexity index is 1100. The fourth-order valence-electron chi connectivity index (χ4n) is 4.42. The lowest BCUT2D eigenvalue weighted by Crippen LogP contribution is -2.50. The highest BCUT2D eigenvalue weighted by atomic mass is 19.1. The zero-order valence-corrected chi connectivity index (χ0v) is 18.4. The Labute approximate surface area is 191 Å². The van der Waals surface area contributed by atoms with E-state index in [9.17, 15) is 14.0 Å². The Kier molecular flexibility index (Phi) is 5.72. The minimum atomic E-state index is -0.317. The number of rotatable bonds is 4. The highest BCUT2D eigenvalue weighted by Gasteiger charge is 2.35. The standard InChI is InChI=1S/C24H25FN4O4/c1-16(30)28-10-8-27(9-11-28)14-24(31)29-21(18-4-7-22-23(12-18)33-15-32-22)13-20(26-29)17-2-5-19(25)6-3-17/h2-7,12,21H,8-11,13-15H2,1H3/t21-/m1/s1. The zero-order valence-electron chi connectivity index (χ0n) is 18.4. The molecule has 0 bridgehead atoms. The van der Waals surface area contributed by atoms with Gasteiger partial charge < -0.3 is 14.4 Å². The van der Waals surface area contributed by atoms with Crippen molar-refractivity contribution in [2.45, 2.75) is 19.4 Å². The van der Waals surface area contributed by atoms with Gasteiger partial charge >= 0.3 is 0 Å². The van der Waals surface area contributed by atoms with Crippen molar-refractivity contribution >= 4 is 17.5 Å². The lowest BCUT2D eigenvalue weighted by Gasteiger charge is -2.34. The third-order valence-electron chi connectivity index (χ3n) is 6.30. The molecule has 9 heteroatoms. The summed E-state index contributed by atoms with van der Waals surface area (Å²) in [5, 5.41) is 6.20. The molecular weight excluding hydrogens is 427 g/mol. The number of hydrogen-bond acceptors (Lipinski definition) is 6. The molecule has 3 aliphatic rings. The molecule has 0 radical (unpaired) electrons. The van der Waals surface area contributed by atoms with Crippen LogP contribution in [0.25, 0.3) is 0 Å². The largest absolute Gasteiger partial charge is 0.454 e. The van der Waals surface area contributed by atoms with Crippen molar-refractivity contribution in [1.29, 1.82) is 0 Å². The summed E-state index contributed by atoms with van der Waals surface area (Å²) in [6, 6.07) is 11.5. The lowest BCUT2D eigenvalue weighted by atomic mass is 9.98. The Balaban J connectivity index is 1.37. The third-order valence-corrected chi connectivity index (χ3v) is 6.30. The Hall–Kier alpha value is -3.46. The van der Waals surface area contributed by atoms with E-state index in [-0.39, 0.29) is 37.0 Å². The topological polar surface area (TPSA) is 74.7 Å². The van der Waals surface area contributed by atoms with E-state index in [0.29, 0.717) is 44.1 Å². The van der Waals surface area contributed by atoms with Crippen LogP contribution in [0, 0.1) is 5.82 Å². The molecule has 2 aromatic rings. The summed E-state index contributed by atoms with van der Waals surface area (Å²) in [5.41, 5.74) is 2.41. The number of amides is 2. The van der Waals surface area contributed by atoms with Crippen molar-refractivity contribution < 1.29 is 23.5 Å². The normalized spacial score (nSPS) is 20.2. The van der Waals surface area contributed by atoms with E-state index in [1.165, 1.54) is 17.1 Å². The van der Waals surface area contributed by atoms with Crippen molar-refractivity contribution in [3.05, 3.63) is 59.4 Å². The van der Waals surface area contributed by atoms with Crippen LogP contribution in [0.5, 0.6) is 11.5 Å². The van der Waals surface area contributed by atoms with Crippen LogP contribution < -0.4 is 9.47 Å². The Morgan fingerprint density at radius 1 is 1.03 bits per heavy atom. The third kappa shape index (κ3) is 4.41. The van der Waals surface area contributed by atoms with Crippen molar-refractivity contribution in [2.75, 3.05) is 39.5 Å². The highest BCUT2D eigenvalue weighted by molar-refractivity contribution is 6.03. The minimum Gasteiger partial charge on any atom is -0.454 e. The molecule has 172 valence electrons. The summed E-state index contributed by atoms with van der Waals surface area (Å²) in [4.78, 5) is 28.8. The summed E-state index contributed by atoms with van der Waals surface area (Å²) >= 11 is 0. The van der Waals surface area contributed by atoms with Gasteiger partial charge in [-0.3, -0.25) is 14.5 Å². The first kappa shape index (κ1) is 21.4. The average molecular weight is 452 g/mol. The predicted molar refractivity (Wildman–Crippen MR) is 118 cm³/mol. The molecule has 3 aliphatic heterocycles. The average Bonchev–Trinajstić information content (AvgIpc) is 3.47. The van der Waals surface area contributed by atoms with Crippen LogP contribution in [0.1, 0.15) is 30.5 Å². The molecule has 2 amide bonds. The first-order valence-electron chi connectivity index (χ1n) is 11.0. The van der Waals surface area contributed by atoms with Crippen LogP contribution in [-0.4, -0.2) is 71.9 Å². The quantitative estimate of drug-likeness (QED) is 0.712. The molecule has 0 aromatic heterocycles. The van der Waals surface area contributed by atoms with Gasteiger partial charge in [0.1, 0.15) is 5.82 Å². The second-order valence-electron chi connectivity index (χ2n) is 8.41. The zero-order chi connectivity index (χ0) is 22.9. The fraction of sp³-hybridized carbons (Fsp3) is 0.375. The Morgan fingerprint density at radius 2 is 1.76 bits per heavy atom. The van der Waals surface area contributed by atoms with E-state index in [4.69, 9.17) is 9.47 Å². The monoisotopic (exact) mass is 452 g/mol. The highest BCUT2D eigenvalue weighted by Crippen LogP contribution is 2.39. The fourth-order valence-corrected chi connectivity index (χ4v) is 4.42. The van der Waals surface area contributed by atoms with Crippen LogP contribution in [0.2, 0.25) is 0 Å². The number of halogens is 1. The number of hydrazone groups is 1. The number of carbonyl (C=O) groups excluding carboxylic acids is 2. The molecule has 1 fully saturated rings. The van der Waals surface area contributed by atoms with E-state index < -0.39 is 0 Å². The number of hydrogen-bond donors (Lipinski definition) is 0. The van der Waals surface area contributed by atoms with Crippen LogP contribution in [0.4, 0.5) is 4.39 Å². The van der Waals surface area contributed by atoms with Crippen molar-refractivity contribution in [2.24, 2.45) is 5.10 Å². The Morgan fingerprint density at radius 3 is 2.48 bits per heavy atom. The molecule has 0 saturated carbocycles. The van der Waals surface area contributed by atoms with Gasteiger partial charge in [-0.05, 0) is 35.4 Å². The SMILES string of the molecule is CC(=O)N1CCN(CC(=O)N2N=C(c3ccc(F)cc3)C[C@@H]2c2ccc3c(c2)OCO3)CC1. The van der Waals surface area contributed by atoms with Gasteiger partial charge in [0, 0.05) is 39.5 Å². The van der Waals surface area contributed by atoms with Gasteiger partial charge in [0.15, 0.2) is 11.5 Å². The van der Waals surface area contributed by atoms with E-state index in [1.807, 2.05) is 23.1 Å². The van der Waals surface area contributed by atoms with Crippen molar-refractivity contribution in [1.82, 2.24) is 14.8 Å². The van der Waals surface area contributed by atoms with Crippen molar-refractivity contribution in [3.8, 4) is 11.5 Å². The summed E-state index contributed by atoms with van der Waals surface area (Å²) in [6.07, 6.45) is 0.509. The van der Waals surface area contributed by atoms with Gasteiger partial charge in [-0.15, -0.1) is 0 Å². The van der Waals surface area contributed by atoms with E-state index in [0.717, 1.165) is 16.8 Å². The van der Waals surface area contributed by atoms with Crippen LogP contribution in [0.15, 0.2) is 47.6 Å². The number of ether oxygens (including phenoxy) is 2. The van der Waals surface area contributed by atoms with E-state index in [2.05, 4.69) is 5.10 Å². The lowest BCUT2D eigenvalue weighted by molar-refractivity contribution is -0.135. The summed E-state index contributed by atoms with van der Waals surface area (Å²) in [5.74, 6) is 0.943. The van der Waals surface area contributed by atoms with Gasteiger partial charge in [0.05, 0.1) is 18.3 Å². The molecule has 0 unspecified atom stereocenters. The molecule has 1 atom stereocenters. The van der Waals surface area contributed by atoms with Gasteiger partial charge in [-0.25, -0.2) is 9.40 Å². The van der Waals surface area contributed by atoms with Gasteiger partial charge in [-0.2, -0.15) is 5.10 Å². The molecule has 33 heavy (non-hydrogen) atoms. The predicted octanol–water partition coefficient (Wildman–Crippen LogP) is 2.40. The smallest absolute Gasteiger partial charge is 0.257 e. The number of carbonyl (C=O) groups is 2. The molecule has 0 spiro atoms. The maximum atomic E-state index is 13.4. The second kappa shape index (κ2) is 8.82. The molecule has 0 N–H and O–H groups in total. The number of fused-ring (bicyclic) bond motifs is 1. The summed E-state index contributed by atoms with van der Waals surface area (Å²) in [7, 11) is 0. The van der Waals surface area contributed by atoms with Crippen LogP contribution in [0.3, 0.4) is 0 Å². The summed E-state index contributed by atoms with van der Waals surface area (Å²) < 4.78 is 24.4. The second-order valence-corrected chi connectivity index (χ2v) is 8.41. The molecule has 5 rings (SSSR count). The molecule has 0 aliphatic carbocycles. The van der Waals surface area contributed by atoms with Gasteiger partial charge in [0.2, 0.25) is 12.7 Å². The van der Waals surface area contributed by atoms with Crippen molar-refractivity contribution in [3.63, 3.8) is 0 Å². The first-order chi connectivity index (χ1) is 16.0. The molecule has 3 heterocycles. The minimum absolute atomic E-state index is 0.0527. The first-order valence-corrected chi connectivity index (χ1v) is 11.0. The summed E-state index contributed by atoms with van der Waals surface area (Å²) in [6.45, 7) is 4.46. The van der Waals surface area contributed by atoms with Crippen LogP contribution in [-0.2, 0) is 9.59 Å². The molecule has 1 saturated heterocycles. The number of benzene rings is 2. The van der Waals surface area contributed by atoms with E-state index >= 15 is 0 Å². The van der Waals surface area contributed by atoms with Gasteiger partial charge in [0.25, 0.3) is 5.91 Å². The number of nitrogens with zero attached hydrogens (tertiary/aromatic N) is 4. The molecule has 2 aromatic carbocycles. The van der Waals surface area contributed by atoms with Gasteiger partial charge in [-0.1, -0.05) is 18.2 Å². The molecular formula is C24H25FN4O4. The van der Waals surface area contributed by atoms with Crippen LogP contribution >= 0.6 is 0 Å². The van der Waals surface area contributed by atoms with E-state index in [1.54, 1.807) is 24.0 Å². The number of piperazine rings is 1. The maximum absolute atomic E-state index is 13.4. The maximum Gasteiger partial charge on any atom is 0.257 e.